The van der Waals surface area contributed by atoms with Gasteiger partial charge in [-0.25, -0.2) is 12.7 Å². The lowest BCUT2D eigenvalue weighted by atomic mass is 10.2. The normalized spacial score (nSPS) is 12.7. The number of hydrogen-bond acceptors (Lipinski definition) is 6. The molecule has 0 aromatic heterocycles. The van der Waals surface area contributed by atoms with E-state index in [-0.39, 0.29) is 18.2 Å². The number of carbonyl (C=O) groups is 2. The SMILES string of the molecule is CN(C)S(=O)(=O)c1ccc(NC(=O)CNC(=O)c2ccc3c(c2)OCO3)cc1. The third-order valence-electron chi connectivity index (χ3n) is 3.96. The van der Waals surface area contributed by atoms with Gasteiger partial charge in [-0.15, -0.1) is 0 Å². The molecule has 0 spiro atoms. The van der Waals surface area contributed by atoms with Gasteiger partial charge in [0.05, 0.1) is 11.4 Å². The van der Waals surface area contributed by atoms with Crippen LogP contribution in [0.4, 0.5) is 5.69 Å². The zero-order chi connectivity index (χ0) is 20.3. The van der Waals surface area contributed by atoms with Crippen molar-refractivity contribution in [1.82, 2.24) is 9.62 Å². The van der Waals surface area contributed by atoms with E-state index in [0.717, 1.165) is 4.31 Å². The molecule has 1 aliphatic rings. The predicted octanol–water partition coefficient (Wildman–Crippen LogP) is 1.03. The molecule has 28 heavy (non-hydrogen) atoms. The molecule has 2 aromatic rings. The minimum absolute atomic E-state index is 0.109. The molecule has 0 saturated heterocycles. The first-order valence-electron chi connectivity index (χ1n) is 8.27. The van der Waals surface area contributed by atoms with Crippen LogP contribution in [0.1, 0.15) is 10.4 Å². The van der Waals surface area contributed by atoms with Gasteiger partial charge in [-0.2, -0.15) is 0 Å². The maximum atomic E-state index is 12.2. The molecule has 3 rings (SSSR count). The summed E-state index contributed by atoms with van der Waals surface area (Å²) < 4.78 is 35.5. The Morgan fingerprint density at radius 1 is 1.04 bits per heavy atom. The quantitative estimate of drug-likeness (QED) is 0.742. The highest BCUT2D eigenvalue weighted by atomic mass is 32.2. The van der Waals surface area contributed by atoms with Gasteiger partial charge in [0.2, 0.25) is 22.7 Å². The molecular weight excluding hydrogens is 386 g/mol. The van der Waals surface area contributed by atoms with E-state index < -0.39 is 21.8 Å². The first kappa shape index (κ1) is 19.6. The van der Waals surface area contributed by atoms with E-state index in [9.17, 15) is 18.0 Å². The van der Waals surface area contributed by atoms with Crippen LogP contribution in [0.15, 0.2) is 47.4 Å². The molecule has 2 aromatic carbocycles. The number of amides is 2. The van der Waals surface area contributed by atoms with Gasteiger partial charge in [0.15, 0.2) is 11.5 Å². The molecule has 0 unspecified atom stereocenters. The molecule has 0 atom stereocenters. The Balaban J connectivity index is 1.55. The lowest BCUT2D eigenvalue weighted by Gasteiger charge is -2.12. The smallest absolute Gasteiger partial charge is 0.251 e. The Morgan fingerprint density at radius 2 is 1.71 bits per heavy atom. The Morgan fingerprint density at radius 3 is 2.39 bits per heavy atom. The van der Waals surface area contributed by atoms with E-state index >= 15 is 0 Å². The summed E-state index contributed by atoms with van der Waals surface area (Å²) in [6.07, 6.45) is 0. The molecule has 0 fully saturated rings. The molecule has 0 radical (unpaired) electrons. The second kappa shape index (κ2) is 7.87. The van der Waals surface area contributed by atoms with Gasteiger partial charge in [-0.3, -0.25) is 9.59 Å². The number of benzene rings is 2. The van der Waals surface area contributed by atoms with Crippen molar-refractivity contribution in [3.63, 3.8) is 0 Å². The van der Waals surface area contributed by atoms with Crippen LogP contribution in [0.25, 0.3) is 0 Å². The molecule has 0 bridgehead atoms. The minimum Gasteiger partial charge on any atom is -0.454 e. The molecular formula is C18H19N3O6S. The molecule has 2 amide bonds. The number of fused-ring (bicyclic) bond motifs is 1. The standard InChI is InChI=1S/C18H19N3O6S/c1-21(2)28(24,25)14-6-4-13(5-7-14)20-17(22)10-19-18(23)12-3-8-15-16(9-12)27-11-26-15/h3-9H,10-11H2,1-2H3,(H,19,23)(H,20,22). The number of nitrogens with one attached hydrogen (secondary N) is 2. The molecule has 148 valence electrons. The van der Waals surface area contributed by atoms with Crippen LogP contribution < -0.4 is 20.1 Å². The zero-order valence-corrected chi connectivity index (χ0v) is 16.1. The van der Waals surface area contributed by atoms with E-state index in [1.807, 2.05) is 0 Å². The van der Waals surface area contributed by atoms with Gasteiger partial charge in [0.1, 0.15) is 0 Å². The van der Waals surface area contributed by atoms with Gasteiger partial charge in [0.25, 0.3) is 5.91 Å². The van der Waals surface area contributed by atoms with E-state index in [4.69, 9.17) is 9.47 Å². The van der Waals surface area contributed by atoms with Crippen LogP contribution in [0.5, 0.6) is 11.5 Å². The fraction of sp³-hybridized carbons (Fsp3) is 0.222. The average Bonchev–Trinajstić information content (AvgIpc) is 3.14. The number of nitrogens with zero attached hydrogens (tertiary/aromatic N) is 1. The second-order valence-electron chi connectivity index (χ2n) is 6.11. The monoisotopic (exact) mass is 405 g/mol. The predicted molar refractivity (Wildman–Crippen MR) is 101 cm³/mol. The van der Waals surface area contributed by atoms with Crippen LogP contribution in [-0.2, 0) is 14.8 Å². The minimum atomic E-state index is -3.53. The molecule has 2 N–H and O–H groups in total. The van der Waals surface area contributed by atoms with E-state index in [2.05, 4.69) is 10.6 Å². The Bertz CT molecular complexity index is 1000. The van der Waals surface area contributed by atoms with Crippen LogP contribution in [0, 0.1) is 0 Å². The molecule has 0 saturated carbocycles. The Kier molecular flexibility index (Phi) is 5.52. The van der Waals surface area contributed by atoms with Crippen LogP contribution in [0.3, 0.4) is 0 Å². The number of hydrogen-bond donors (Lipinski definition) is 2. The highest BCUT2D eigenvalue weighted by Gasteiger charge is 2.18. The summed E-state index contributed by atoms with van der Waals surface area (Å²) in [5.41, 5.74) is 0.760. The van der Waals surface area contributed by atoms with Gasteiger partial charge >= 0.3 is 0 Å². The van der Waals surface area contributed by atoms with Crippen molar-refractivity contribution in [3.05, 3.63) is 48.0 Å². The summed E-state index contributed by atoms with van der Waals surface area (Å²) in [5, 5.41) is 5.10. The van der Waals surface area contributed by atoms with E-state index in [0.29, 0.717) is 22.7 Å². The highest BCUT2D eigenvalue weighted by molar-refractivity contribution is 7.89. The lowest BCUT2D eigenvalue weighted by Crippen LogP contribution is -2.32. The fourth-order valence-corrected chi connectivity index (χ4v) is 3.33. The highest BCUT2D eigenvalue weighted by Crippen LogP contribution is 2.32. The maximum Gasteiger partial charge on any atom is 0.251 e. The van der Waals surface area contributed by atoms with Crippen molar-refractivity contribution in [1.29, 1.82) is 0 Å². The number of rotatable bonds is 6. The molecule has 9 nitrogen and oxygen atoms in total. The number of anilines is 1. The van der Waals surface area contributed by atoms with E-state index in [1.54, 1.807) is 18.2 Å². The number of sulfonamides is 1. The van der Waals surface area contributed by atoms with Crippen molar-refractivity contribution in [2.45, 2.75) is 4.90 Å². The molecule has 1 heterocycles. The average molecular weight is 405 g/mol. The molecule has 10 heteroatoms. The second-order valence-corrected chi connectivity index (χ2v) is 8.26. The summed E-state index contributed by atoms with van der Waals surface area (Å²) in [6.45, 7) is -0.136. The van der Waals surface area contributed by atoms with Gasteiger partial charge in [-0.05, 0) is 42.5 Å². The van der Waals surface area contributed by atoms with Crippen LogP contribution >= 0.6 is 0 Å². The largest absolute Gasteiger partial charge is 0.454 e. The van der Waals surface area contributed by atoms with Crippen LogP contribution in [0.2, 0.25) is 0 Å². The van der Waals surface area contributed by atoms with Crippen LogP contribution in [-0.4, -0.2) is 52.0 Å². The summed E-state index contributed by atoms with van der Waals surface area (Å²) >= 11 is 0. The maximum absolute atomic E-state index is 12.2. The van der Waals surface area contributed by atoms with Gasteiger partial charge in [-0.1, -0.05) is 0 Å². The first-order chi connectivity index (χ1) is 13.3. The lowest BCUT2D eigenvalue weighted by molar-refractivity contribution is -0.115. The first-order valence-corrected chi connectivity index (χ1v) is 9.71. The Labute approximate surface area is 162 Å². The fourth-order valence-electron chi connectivity index (χ4n) is 2.43. The third kappa shape index (κ3) is 4.24. The van der Waals surface area contributed by atoms with Crippen molar-refractivity contribution in [3.8, 4) is 11.5 Å². The van der Waals surface area contributed by atoms with Crippen molar-refractivity contribution in [2.24, 2.45) is 0 Å². The summed E-state index contributed by atoms with van der Waals surface area (Å²) in [7, 11) is -0.657. The molecule has 0 aliphatic carbocycles. The third-order valence-corrected chi connectivity index (χ3v) is 5.79. The number of carbonyl (C=O) groups excluding carboxylic acids is 2. The van der Waals surface area contributed by atoms with Crippen molar-refractivity contribution >= 4 is 27.5 Å². The Hall–Kier alpha value is -3.11. The summed E-state index contributed by atoms with van der Waals surface area (Å²) in [5.74, 6) is 0.164. The summed E-state index contributed by atoms with van der Waals surface area (Å²) in [6, 6.07) is 10.5. The topological polar surface area (TPSA) is 114 Å². The zero-order valence-electron chi connectivity index (χ0n) is 15.3. The van der Waals surface area contributed by atoms with Gasteiger partial charge in [0, 0.05) is 25.3 Å². The van der Waals surface area contributed by atoms with Gasteiger partial charge < -0.3 is 20.1 Å². The molecule has 1 aliphatic heterocycles. The van der Waals surface area contributed by atoms with Crippen molar-refractivity contribution in [2.75, 3.05) is 32.7 Å². The summed E-state index contributed by atoms with van der Waals surface area (Å²) in [4.78, 5) is 24.3. The van der Waals surface area contributed by atoms with Crippen molar-refractivity contribution < 1.29 is 27.5 Å². The van der Waals surface area contributed by atoms with E-state index in [1.165, 1.54) is 38.4 Å². The number of ether oxygens (including phenoxy) is 2.